The molecule has 1 aliphatic rings. The third kappa shape index (κ3) is 4.73. The number of carbonyl (C=O) groups is 1. The molecule has 0 saturated carbocycles. The van der Waals surface area contributed by atoms with Crippen LogP contribution in [0.1, 0.15) is 16.7 Å². The number of hydrogen-bond acceptors (Lipinski definition) is 3. The van der Waals surface area contributed by atoms with Gasteiger partial charge in [0, 0.05) is 10.6 Å². The summed E-state index contributed by atoms with van der Waals surface area (Å²) in [5.74, 6) is 0.350. The molecule has 0 saturated heterocycles. The average molecular weight is 407 g/mol. The fourth-order valence-corrected chi connectivity index (χ4v) is 2.96. The minimum absolute atomic E-state index is 0.340. The van der Waals surface area contributed by atoms with Gasteiger partial charge in [-0.3, -0.25) is 0 Å². The largest absolute Gasteiger partial charge is 0.489 e. The maximum Gasteiger partial charge on any atom is 0.343 e. The predicted molar refractivity (Wildman–Crippen MR) is 111 cm³/mol. The zero-order chi connectivity index (χ0) is 20.2. The molecule has 1 heterocycles. The Labute approximate surface area is 172 Å². The number of rotatable bonds is 5. The van der Waals surface area contributed by atoms with Gasteiger partial charge in [0.15, 0.2) is 0 Å². The summed E-state index contributed by atoms with van der Waals surface area (Å²) in [6, 6.07) is 20.7. The van der Waals surface area contributed by atoms with Crippen LogP contribution >= 0.6 is 11.6 Å². The number of ether oxygens (including phenoxy) is 2. The van der Waals surface area contributed by atoms with Crippen LogP contribution < -0.4 is 4.74 Å². The second-order valence-electron chi connectivity index (χ2n) is 6.49. The lowest BCUT2D eigenvalue weighted by molar-refractivity contribution is -0.130. The highest BCUT2D eigenvalue weighted by Gasteiger charge is 2.21. The predicted octanol–water partition coefficient (Wildman–Crippen LogP) is 6.04. The van der Waals surface area contributed by atoms with E-state index in [0.717, 1.165) is 16.9 Å². The Bertz CT molecular complexity index is 1080. The second-order valence-corrected chi connectivity index (χ2v) is 6.93. The van der Waals surface area contributed by atoms with Gasteiger partial charge in [-0.05, 0) is 71.8 Å². The van der Waals surface area contributed by atoms with E-state index in [9.17, 15) is 9.18 Å². The maximum atomic E-state index is 13.1. The molecule has 3 aromatic rings. The molecular weight excluding hydrogens is 391 g/mol. The number of halogens is 2. The van der Waals surface area contributed by atoms with Gasteiger partial charge in [-0.15, -0.1) is 0 Å². The van der Waals surface area contributed by atoms with Crippen molar-refractivity contribution in [2.75, 3.05) is 0 Å². The van der Waals surface area contributed by atoms with Crippen molar-refractivity contribution in [1.29, 1.82) is 0 Å². The molecule has 3 aromatic carbocycles. The standard InChI is InChI=1S/C24H16ClFO3/c25-20-7-1-17(2-8-20)15-28-22-11-3-16(4-12-22)13-19-14-23(29-24(19)27)18-5-9-21(26)10-6-18/h1-14H,15H2. The van der Waals surface area contributed by atoms with E-state index < -0.39 is 5.97 Å². The SMILES string of the molecule is O=C1OC(c2ccc(F)cc2)=CC1=Cc1ccc(OCc2ccc(Cl)cc2)cc1. The van der Waals surface area contributed by atoms with Gasteiger partial charge < -0.3 is 9.47 Å². The van der Waals surface area contributed by atoms with Gasteiger partial charge in [0.1, 0.15) is 23.9 Å². The molecule has 5 heteroatoms. The molecular formula is C24H16ClFO3. The molecule has 144 valence electrons. The molecule has 0 radical (unpaired) electrons. The first-order valence-corrected chi connectivity index (χ1v) is 9.33. The summed E-state index contributed by atoms with van der Waals surface area (Å²) in [5.41, 5.74) is 2.94. The molecule has 3 nitrogen and oxygen atoms in total. The zero-order valence-corrected chi connectivity index (χ0v) is 16.0. The van der Waals surface area contributed by atoms with Crippen molar-refractivity contribution >= 4 is 29.4 Å². The number of benzene rings is 3. The van der Waals surface area contributed by atoms with E-state index in [1.807, 2.05) is 48.5 Å². The molecule has 0 fully saturated rings. The highest BCUT2D eigenvalue weighted by atomic mass is 35.5. The van der Waals surface area contributed by atoms with Crippen molar-refractivity contribution < 1.29 is 18.7 Å². The monoisotopic (exact) mass is 406 g/mol. The van der Waals surface area contributed by atoms with Gasteiger partial charge in [0.05, 0.1) is 5.57 Å². The lowest BCUT2D eigenvalue weighted by atomic mass is 10.1. The fraction of sp³-hybridized carbons (Fsp3) is 0.0417. The van der Waals surface area contributed by atoms with Crippen LogP contribution in [-0.4, -0.2) is 5.97 Å². The van der Waals surface area contributed by atoms with Crippen LogP contribution in [-0.2, 0) is 16.1 Å². The zero-order valence-electron chi connectivity index (χ0n) is 15.3. The summed E-state index contributed by atoms with van der Waals surface area (Å²) < 4.78 is 24.1. The molecule has 0 N–H and O–H groups in total. The Hall–Kier alpha value is -3.37. The van der Waals surface area contributed by atoms with E-state index >= 15 is 0 Å². The Kier molecular flexibility index (Phi) is 5.45. The van der Waals surface area contributed by atoms with Gasteiger partial charge in [-0.1, -0.05) is 35.9 Å². The van der Waals surface area contributed by atoms with Crippen molar-refractivity contribution in [2.45, 2.75) is 6.61 Å². The molecule has 0 unspecified atom stereocenters. The third-order valence-corrected chi connectivity index (χ3v) is 4.63. The lowest BCUT2D eigenvalue weighted by Gasteiger charge is -2.06. The molecule has 0 aromatic heterocycles. The quantitative estimate of drug-likeness (QED) is 0.383. The van der Waals surface area contributed by atoms with Crippen LogP contribution in [0, 0.1) is 5.82 Å². The fourth-order valence-electron chi connectivity index (χ4n) is 2.83. The highest BCUT2D eigenvalue weighted by Crippen LogP contribution is 2.28. The van der Waals surface area contributed by atoms with Crippen LogP contribution in [0.2, 0.25) is 5.02 Å². The minimum Gasteiger partial charge on any atom is -0.489 e. The van der Waals surface area contributed by atoms with Crippen molar-refractivity contribution in [2.24, 2.45) is 0 Å². The van der Waals surface area contributed by atoms with Crippen LogP contribution in [0.15, 0.2) is 84.4 Å². The van der Waals surface area contributed by atoms with E-state index in [4.69, 9.17) is 21.1 Å². The summed E-state index contributed by atoms with van der Waals surface area (Å²) in [6.07, 6.45) is 3.39. The van der Waals surface area contributed by atoms with E-state index in [-0.39, 0.29) is 5.82 Å². The lowest BCUT2D eigenvalue weighted by Crippen LogP contribution is -1.97. The summed E-state index contributed by atoms with van der Waals surface area (Å²) in [5, 5.41) is 0.688. The number of hydrogen-bond donors (Lipinski definition) is 0. The highest BCUT2D eigenvalue weighted by molar-refractivity contribution is 6.30. The first-order valence-electron chi connectivity index (χ1n) is 8.96. The van der Waals surface area contributed by atoms with Crippen molar-refractivity contribution in [3.63, 3.8) is 0 Å². The number of carbonyl (C=O) groups excluding carboxylic acids is 1. The van der Waals surface area contributed by atoms with E-state index in [0.29, 0.717) is 28.5 Å². The van der Waals surface area contributed by atoms with Gasteiger partial charge in [-0.25, -0.2) is 9.18 Å². The smallest absolute Gasteiger partial charge is 0.343 e. The van der Waals surface area contributed by atoms with Gasteiger partial charge >= 0.3 is 5.97 Å². The summed E-state index contributed by atoms with van der Waals surface area (Å²) in [4.78, 5) is 12.1. The van der Waals surface area contributed by atoms with Crippen LogP contribution in [0.5, 0.6) is 5.75 Å². The van der Waals surface area contributed by atoms with Crippen molar-refractivity contribution in [1.82, 2.24) is 0 Å². The Morgan fingerprint density at radius 1 is 0.931 bits per heavy atom. The summed E-state index contributed by atoms with van der Waals surface area (Å²) >= 11 is 5.88. The summed E-state index contributed by atoms with van der Waals surface area (Å²) in [7, 11) is 0. The van der Waals surface area contributed by atoms with Crippen LogP contribution in [0.25, 0.3) is 11.8 Å². The number of esters is 1. The first kappa shape index (κ1) is 19.0. The van der Waals surface area contributed by atoms with Gasteiger partial charge in [0.2, 0.25) is 0 Å². The van der Waals surface area contributed by atoms with Crippen molar-refractivity contribution in [3.8, 4) is 5.75 Å². The molecule has 0 aliphatic carbocycles. The molecule has 0 spiro atoms. The molecule has 1 aliphatic heterocycles. The topological polar surface area (TPSA) is 35.5 Å². The molecule has 29 heavy (non-hydrogen) atoms. The van der Waals surface area contributed by atoms with Crippen LogP contribution in [0.3, 0.4) is 0 Å². The Balaban J connectivity index is 1.44. The van der Waals surface area contributed by atoms with E-state index in [2.05, 4.69) is 0 Å². The van der Waals surface area contributed by atoms with E-state index in [1.165, 1.54) is 12.1 Å². The second kappa shape index (κ2) is 8.33. The minimum atomic E-state index is -0.438. The van der Waals surface area contributed by atoms with Crippen LogP contribution in [0.4, 0.5) is 4.39 Å². The normalized spacial score (nSPS) is 14.6. The third-order valence-electron chi connectivity index (χ3n) is 4.37. The average Bonchev–Trinajstić information content (AvgIpc) is 3.09. The number of cyclic esters (lactones) is 1. The molecule has 0 bridgehead atoms. The first-order chi connectivity index (χ1) is 14.1. The summed E-state index contributed by atoms with van der Waals surface area (Å²) in [6.45, 7) is 0.438. The molecule has 0 amide bonds. The molecule has 0 atom stereocenters. The van der Waals surface area contributed by atoms with Gasteiger partial charge in [0.25, 0.3) is 0 Å². The van der Waals surface area contributed by atoms with Gasteiger partial charge in [-0.2, -0.15) is 0 Å². The van der Waals surface area contributed by atoms with E-state index in [1.54, 1.807) is 24.3 Å². The molecule has 4 rings (SSSR count). The maximum absolute atomic E-state index is 13.1. The Morgan fingerprint density at radius 2 is 1.62 bits per heavy atom. The Morgan fingerprint density at radius 3 is 2.31 bits per heavy atom. The van der Waals surface area contributed by atoms with Crippen molar-refractivity contribution in [3.05, 3.63) is 112 Å².